The van der Waals surface area contributed by atoms with Crippen molar-refractivity contribution in [1.82, 2.24) is 10.2 Å². The van der Waals surface area contributed by atoms with Crippen LogP contribution in [0, 0.1) is 5.92 Å². The highest BCUT2D eigenvalue weighted by molar-refractivity contribution is 5.96. The minimum absolute atomic E-state index is 0.0917. The molecule has 2 fully saturated rings. The molecule has 1 aromatic carbocycles. The van der Waals surface area contributed by atoms with Crippen molar-refractivity contribution in [2.75, 3.05) is 19.6 Å². The number of fused-ring (bicyclic) bond motifs is 1. The number of β-amino-alcohol motifs (C(OH)–C–C–N with tert-alkyl or cyclic N) is 1. The molecule has 1 aromatic rings. The van der Waals surface area contributed by atoms with Gasteiger partial charge in [-0.1, -0.05) is 12.1 Å². The first-order valence-corrected chi connectivity index (χ1v) is 7.50. The molecule has 3 aliphatic rings. The zero-order valence-electron chi connectivity index (χ0n) is 11.6. The highest BCUT2D eigenvalue weighted by Gasteiger charge is 2.53. The fourth-order valence-electron chi connectivity index (χ4n) is 3.54. The summed E-state index contributed by atoms with van der Waals surface area (Å²) in [6.07, 6.45) is 3.15. The summed E-state index contributed by atoms with van der Waals surface area (Å²) >= 11 is 0. The summed E-state index contributed by atoms with van der Waals surface area (Å²) in [5.74, 6) is 0.523. The van der Waals surface area contributed by atoms with Crippen LogP contribution in [0.3, 0.4) is 0 Å². The molecule has 1 aliphatic carbocycles. The van der Waals surface area contributed by atoms with E-state index in [1.165, 1.54) is 11.1 Å². The quantitative estimate of drug-likeness (QED) is 0.842. The van der Waals surface area contributed by atoms with Crippen molar-refractivity contribution < 1.29 is 9.90 Å². The molecule has 0 spiro atoms. The zero-order valence-corrected chi connectivity index (χ0v) is 11.6. The van der Waals surface area contributed by atoms with E-state index in [4.69, 9.17) is 0 Å². The summed E-state index contributed by atoms with van der Waals surface area (Å²) in [5, 5.41) is 13.7. The number of hydrogen-bond acceptors (Lipinski definition) is 3. The van der Waals surface area contributed by atoms with E-state index in [2.05, 4.69) is 11.4 Å². The van der Waals surface area contributed by atoms with E-state index in [1.807, 2.05) is 12.1 Å². The van der Waals surface area contributed by atoms with Crippen molar-refractivity contribution in [2.24, 2.45) is 5.92 Å². The summed E-state index contributed by atoms with van der Waals surface area (Å²) in [6.45, 7) is 2.81. The van der Waals surface area contributed by atoms with Crippen molar-refractivity contribution in [3.05, 3.63) is 34.9 Å². The van der Waals surface area contributed by atoms with E-state index in [0.29, 0.717) is 19.0 Å². The third kappa shape index (κ3) is 1.86. The highest BCUT2D eigenvalue weighted by atomic mass is 16.3. The van der Waals surface area contributed by atoms with Gasteiger partial charge in [-0.25, -0.2) is 0 Å². The van der Waals surface area contributed by atoms with Gasteiger partial charge in [0.2, 0.25) is 0 Å². The summed E-state index contributed by atoms with van der Waals surface area (Å²) in [5.41, 5.74) is 2.67. The van der Waals surface area contributed by atoms with Crippen LogP contribution in [0.5, 0.6) is 0 Å². The zero-order chi connectivity index (χ0) is 13.7. The third-order valence-electron chi connectivity index (χ3n) is 4.92. The Balaban J connectivity index is 1.55. The third-order valence-corrected chi connectivity index (χ3v) is 4.92. The van der Waals surface area contributed by atoms with Gasteiger partial charge >= 0.3 is 0 Å². The molecule has 0 unspecified atom stereocenters. The molecule has 4 nitrogen and oxygen atoms in total. The maximum atomic E-state index is 12.6. The predicted molar refractivity (Wildman–Crippen MR) is 75.4 cm³/mol. The number of amides is 1. The molecule has 1 saturated heterocycles. The fourth-order valence-corrected chi connectivity index (χ4v) is 3.54. The van der Waals surface area contributed by atoms with Gasteiger partial charge in [0.25, 0.3) is 5.91 Å². The summed E-state index contributed by atoms with van der Waals surface area (Å²) in [7, 11) is 0. The molecule has 1 amide bonds. The van der Waals surface area contributed by atoms with E-state index >= 15 is 0 Å². The summed E-state index contributed by atoms with van der Waals surface area (Å²) in [4.78, 5) is 14.4. The number of aliphatic hydroxyl groups is 1. The maximum absolute atomic E-state index is 12.6. The summed E-state index contributed by atoms with van der Waals surface area (Å²) < 4.78 is 0. The van der Waals surface area contributed by atoms with Crippen LogP contribution in [0.15, 0.2) is 18.2 Å². The number of nitrogens with one attached hydrogen (secondary N) is 1. The van der Waals surface area contributed by atoms with Crippen molar-refractivity contribution in [1.29, 1.82) is 0 Å². The lowest BCUT2D eigenvalue weighted by molar-refractivity contribution is -0.0958. The van der Waals surface area contributed by atoms with Crippen LogP contribution in [0.1, 0.15) is 34.3 Å². The molecule has 20 heavy (non-hydrogen) atoms. The molecular formula is C16H20N2O2. The van der Waals surface area contributed by atoms with Crippen molar-refractivity contribution in [2.45, 2.75) is 31.4 Å². The maximum Gasteiger partial charge on any atom is 0.254 e. The molecule has 0 aromatic heterocycles. The van der Waals surface area contributed by atoms with Gasteiger partial charge in [0.15, 0.2) is 0 Å². The Morgan fingerprint density at radius 2 is 2.15 bits per heavy atom. The lowest BCUT2D eigenvalue weighted by Crippen LogP contribution is -2.64. The second-order valence-electron chi connectivity index (χ2n) is 6.41. The van der Waals surface area contributed by atoms with Crippen molar-refractivity contribution in [3.63, 3.8) is 0 Å². The van der Waals surface area contributed by atoms with E-state index in [9.17, 15) is 9.90 Å². The predicted octanol–water partition coefficient (Wildman–Crippen LogP) is 0.929. The minimum atomic E-state index is -0.591. The molecular weight excluding hydrogens is 252 g/mol. The van der Waals surface area contributed by atoms with E-state index in [-0.39, 0.29) is 5.91 Å². The number of nitrogens with zero attached hydrogens (tertiary/aromatic N) is 1. The Bertz CT molecular complexity index is 560. The molecule has 0 radical (unpaired) electrons. The molecule has 4 heteroatoms. The Morgan fingerprint density at radius 1 is 1.35 bits per heavy atom. The first-order chi connectivity index (χ1) is 9.67. The number of carbonyl (C=O) groups excluding carboxylic acids is 1. The van der Waals surface area contributed by atoms with Crippen LogP contribution >= 0.6 is 0 Å². The molecule has 106 valence electrons. The van der Waals surface area contributed by atoms with Crippen LogP contribution in [0.25, 0.3) is 0 Å². The first kappa shape index (κ1) is 12.4. The van der Waals surface area contributed by atoms with E-state index in [0.717, 1.165) is 37.9 Å². The van der Waals surface area contributed by atoms with Crippen LogP contribution < -0.4 is 5.32 Å². The van der Waals surface area contributed by atoms with E-state index < -0.39 is 5.60 Å². The SMILES string of the molecule is O=C(c1cccc2c1CCNC2)N1CC(O)(C2CC2)C1. The average molecular weight is 272 g/mol. The summed E-state index contributed by atoms with van der Waals surface area (Å²) in [6, 6.07) is 5.99. The van der Waals surface area contributed by atoms with Gasteiger partial charge in [0, 0.05) is 12.1 Å². The molecule has 2 aliphatic heterocycles. The molecule has 4 rings (SSSR count). The second-order valence-corrected chi connectivity index (χ2v) is 6.41. The number of carbonyl (C=O) groups is 1. The van der Waals surface area contributed by atoms with Crippen molar-refractivity contribution in [3.8, 4) is 0 Å². The van der Waals surface area contributed by atoms with Gasteiger partial charge in [-0.2, -0.15) is 0 Å². The highest BCUT2D eigenvalue weighted by Crippen LogP contribution is 2.44. The normalized spacial score (nSPS) is 23.9. The van der Waals surface area contributed by atoms with Gasteiger partial charge in [-0.05, 0) is 48.9 Å². The molecule has 2 heterocycles. The number of benzene rings is 1. The molecule has 1 saturated carbocycles. The van der Waals surface area contributed by atoms with Gasteiger partial charge in [0.1, 0.15) is 5.60 Å². The Kier molecular flexibility index (Phi) is 2.66. The topological polar surface area (TPSA) is 52.6 Å². The second kappa shape index (κ2) is 4.30. The van der Waals surface area contributed by atoms with Gasteiger partial charge < -0.3 is 15.3 Å². The molecule has 0 atom stereocenters. The largest absolute Gasteiger partial charge is 0.386 e. The minimum Gasteiger partial charge on any atom is -0.386 e. The van der Waals surface area contributed by atoms with Crippen LogP contribution in [0.2, 0.25) is 0 Å². The lowest BCUT2D eigenvalue weighted by atomic mass is 9.87. The fraction of sp³-hybridized carbons (Fsp3) is 0.562. The Morgan fingerprint density at radius 3 is 2.90 bits per heavy atom. The van der Waals surface area contributed by atoms with Crippen molar-refractivity contribution >= 4 is 5.91 Å². The monoisotopic (exact) mass is 272 g/mol. The lowest BCUT2D eigenvalue weighted by Gasteiger charge is -2.47. The molecule has 2 N–H and O–H groups in total. The number of hydrogen-bond donors (Lipinski definition) is 2. The standard InChI is InChI=1S/C16H20N2O2/c19-15(18-9-16(20,10-18)12-4-5-12)14-3-1-2-11-8-17-7-6-13(11)14/h1-3,12,17,20H,4-10H2. The average Bonchev–Trinajstić information content (AvgIpc) is 3.27. The van der Waals surface area contributed by atoms with Gasteiger partial charge in [-0.15, -0.1) is 0 Å². The Labute approximate surface area is 118 Å². The molecule has 0 bridgehead atoms. The van der Waals surface area contributed by atoms with Crippen LogP contribution in [-0.2, 0) is 13.0 Å². The number of rotatable bonds is 2. The van der Waals surface area contributed by atoms with Gasteiger partial charge in [0.05, 0.1) is 13.1 Å². The van der Waals surface area contributed by atoms with Gasteiger partial charge in [-0.3, -0.25) is 4.79 Å². The smallest absolute Gasteiger partial charge is 0.254 e. The number of likely N-dealkylation sites (tertiary alicyclic amines) is 1. The van der Waals surface area contributed by atoms with Crippen LogP contribution in [-0.4, -0.2) is 41.1 Å². The van der Waals surface area contributed by atoms with E-state index in [1.54, 1.807) is 4.90 Å². The first-order valence-electron chi connectivity index (χ1n) is 7.50. The Hall–Kier alpha value is -1.39. The van der Waals surface area contributed by atoms with Crippen LogP contribution in [0.4, 0.5) is 0 Å².